The summed E-state index contributed by atoms with van der Waals surface area (Å²) >= 11 is 0. The number of aryl methyl sites for hydroxylation is 2. The summed E-state index contributed by atoms with van der Waals surface area (Å²) in [6.45, 7) is 5.08. The quantitative estimate of drug-likeness (QED) is 0.833. The number of aromatic nitrogens is 2. The van der Waals surface area contributed by atoms with Crippen LogP contribution in [0.4, 0.5) is 0 Å². The number of carbonyl (C=O) groups excluding carboxylic acids is 1. The number of nitrogens with zero attached hydrogens (tertiary/aromatic N) is 2. The average Bonchev–Trinajstić information content (AvgIpc) is 3.36. The molecular formula is C22H30N4O2. The fourth-order valence-corrected chi connectivity index (χ4v) is 4.48. The minimum Gasteiger partial charge on any atom is -0.373 e. The normalized spacial score (nSPS) is 27.6. The first-order chi connectivity index (χ1) is 13.6. The second-order valence-electron chi connectivity index (χ2n) is 8.17. The van der Waals surface area contributed by atoms with Crippen LogP contribution in [0, 0.1) is 18.8 Å². The minimum absolute atomic E-state index is 0.0495. The van der Waals surface area contributed by atoms with Crippen molar-refractivity contribution in [2.75, 3.05) is 26.2 Å². The van der Waals surface area contributed by atoms with Gasteiger partial charge in [0.05, 0.1) is 18.2 Å². The van der Waals surface area contributed by atoms with Gasteiger partial charge >= 0.3 is 0 Å². The van der Waals surface area contributed by atoms with Gasteiger partial charge in [0.1, 0.15) is 0 Å². The van der Waals surface area contributed by atoms with E-state index >= 15 is 0 Å². The van der Waals surface area contributed by atoms with E-state index in [1.165, 1.54) is 11.1 Å². The predicted molar refractivity (Wildman–Crippen MR) is 108 cm³/mol. The molecule has 6 heteroatoms. The summed E-state index contributed by atoms with van der Waals surface area (Å²) in [7, 11) is 1.91. The van der Waals surface area contributed by atoms with Crippen LogP contribution in [0.1, 0.15) is 41.6 Å². The zero-order valence-corrected chi connectivity index (χ0v) is 16.7. The third-order valence-electron chi connectivity index (χ3n) is 6.09. The molecule has 0 bridgehead atoms. The molecule has 1 amide bonds. The van der Waals surface area contributed by atoms with Crippen molar-refractivity contribution in [3.63, 3.8) is 0 Å². The van der Waals surface area contributed by atoms with Crippen LogP contribution in [0.15, 0.2) is 36.7 Å². The van der Waals surface area contributed by atoms with E-state index in [1.807, 2.05) is 19.4 Å². The first-order valence-corrected chi connectivity index (χ1v) is 10.3. The van der Waals surface area contributed by atoms with Crippen molar-refractivity contribution in [2.45, 2.75) is 31.8 Å². The lowest BCUT2D eigenvalue weighted by molar-refractivity contribution is -0.125. The van der Waals surface area contributed by atoms with Crippen molar-refractivity contribution in [2.24, 2.45) is 18.9 Å². The topological polar surface area (TPSA) is 68.2 Å². The predicted octanol–water partition coefficient (Wildman–Crippen LogP) is 2.32. The van der Waals surface area contributed by atoms with Gasteiger partial charge in [0.2, 0.25) is 5.91 Å². The average molecular weight is 383 g/mol. The molecule has 6 nitrogen and oxygen atoms in total. The molecule has 4 rings (SSSR count). The molecule has 2 unspecified atom stereocenters. The lowest BCUT2D eigenvalue weighted by Crippen LogP contribution is -2.39. The molecule has 0 saturated carbocycles. The zero-order valence-electron chi connectivity index (χ0n) is 16.7. The van der Waals surface area contributed by atoms with Gasteiger partial charge in [-0.15, -0.1) is 0 Å². The summed E-state index contributed by atoms with van der Waals surface area (Å²) in [6, 6.07) is 8.57. The molecule has 0 aliphatic carbocycles. The van der Waals surface area contributed by atoms with E-state index < -0.39 is 0 Å². The molecule has 2 saturated heterocycles. The molecule has 4 atom stereocenters. The summed E-state index contributed by atoms with van der Waals surface area (Å²) in [5, 5.41) is 10.9. The Kier molecular flexibility index (Phi) is 5.78. The molecular weight excluding hydrogens is 352 g/mol. The van der Waals surface area contributed by atoms with Crippen molar-refractivity contribution in [3.8, 4) is 0 Å². The van der Waals surface area contributed by atoms with Crippen LogP contribution in [0.3, 0.4) is 0 Å². The largest absolute Gasteiger partial charge is 0.373 e. The van der Waals surface area contributed by atoms with Gasteiger partial charge in [0, 0.05) is 51.3 Å². The molecule has 2 N–H and O–H groups in total. The molecule has 2 fully saturated rings. The summed E-state index contributed by atoms with van der Waals surface area (Å²) in [6.07, 6.45) is 6.08. The van der Waals surface area contributed by atoms with E-state index in [2.05, 4.69) is 46.9 Å². The van der Waals surface area contributed by atoms with Crippen LogP contribution in [0.5, 0.6) is 0 Å². The van der Waals surface area contributed by atoms with Crippen molar-refractivity contribution < 1.29 is 9.53 Å². The van der Waals surface area contributed by atoms with E-state index in [4.69, 9.17) is 4.74 Å². The number of amides is 1. The molecule has 1 aromatic heterocycles. The van der Waals surface area contributed by atoms with E-state index in [-0.39, 0.29) is 23.8 Å². The van der Waals surface area contributed by atoms with Crippen LogP contribution >= 0.6 is 0 Å². The highest BCUT2D eigenvalue weighted by molar-refractivity contribution is 5.80. The van der Waals surface area contributed by atoms with Crippen molar-refractivity contribution in [3.05, 3.63) is 53.3 Å². The third-order valence-corrected chi connectivity index (χ3v) is 6.09. The molecule has 28 heavy (non-hydrogen) atoms. The Labute approximate surface area is 166 Å². The van der Waals surface area contributed by atoms with Crippen LogP contribution < -0.4 is 10.6 Å². The monoisotopic (exact) mass is 382 g/mol. The van der Waals surface area contributed by atoms with E-state index in [0.29, 0.717) is 19.0 Å². The van der Waals surface area contributed by atoms with Crippen molar-refractivity contribution in [1.29, 1.82) is 0 Å². The van der Waals surface area contributed by atoms with Crippen molar-refractivity contribution in [1.82, 2.24) is 20.4 Å². The van der Waals surface area contributed by atoms with E-state index in [9.17, 15) is 4.79 Å². The first kappa shape index (κ1) is 19.2. The third kappa shape index (κ3) is 4.13. The lowest BCUT2D eigenvalue weighted by Gasteiger charge is -2.32. The maximum atomic E-state index is 12.9. The number of hydrogen-bond acceptors (Lipinski definition) is 4. The Morgan fingerprint density at radius 2 is 2.11 bits per heavy atom. The lowest BCUT2D eigenvalue weighted by atomic mass is 9.88. The second-order valence-corrected chi connectivity index (χ2v) is 8.17. The van der Waals surface area contributed by atoms with Gasteiger partial charge in [-0.2, -0.15) is 5.10 Å². The Hall–Kier alpha value is -2.18. The minimum atomic E-state index is -0.0495. The van der Waals surface area contributed by atoms with Gasteiger partial charge in [0.25, 0.3) is 0 Å². The smallest absolute Gasteiger partial charge is 0.225 e. The number of benzene rings is 1. The molecule has 0 radical (unpaired) electrons. The Balaban J connectivity index is 1.39. The zero-order chi connectivity index (χ0) is 19.5. The molecule has 2 aliphatic rings. The van der Waals surface area contributed by atoms with E-state index in [0.717, 1.165) is 31.6 Å². The first-order valence-electron chi connectivity index (χ1n) is 10.3. The van der Waals surface area contributed by atoms with Crippen LogP contribution in [0.25, 0.3) is 0 Å². The van der Waals surface area contributed by atoms with Crippen molar-refractivity contribution >= 4 is 5.91 Å². The van der Waals surface area contributed by atoms with Gasteiger partial charge < -0.3 is 15.4 Å². The van der Waals surface area contributed by atoms with E-state index in [1.54, 1.807) is 4.68 Å². The fraction of sp³-hybridized carbons (Fsp3) is 0.545. The van der Waals surface area contributed by atoms with Crippen LogP contribution in [0.2, 0.25) is 0 Å². The Bertz CT molecular complexity index is 801. The second kappa shape index (κ2) is 8.45. The van der Waals surface area contributed by atoms with Gasteiger partial charge in [-0.1, -0.05) is 29.8 Å². The molecule has 2 aromatic rings. The maximum absolute atomic E-state index is 12.9. The molecule has 2 aliphatic heterocycles. The van der Waals surface area contributed by atoms with Gasteiger partial charge in [-0.05, 0) is 30.9 Å². The summed E-state index contributed by atoms with van der Waals surface area (Å²) in [4.78, 5) is 12.9. The molecule has 150 valence electrons. The highest BCUT2D eigenvalue weighted by Gasteiger charge is 2.35. The number of carbonyl (C=O) groups is 1. The molecule has 1 aromatic carbocycles. The molecule has 0 spiro atoms. The summed E-state index contributed by atoms with van der Waals surface area (Å²) in [5.41, 5.74) is 3.59. The van der Waals surface area contributed by atoms with Crippen LogP contribution in [-0.4, -0.2) is 41.9 Å². The fourth-order valence-electron chi connectivity index (χ4n) is 4.48. The standard InChI is InChI=1S/C22H30N4O2/c1-15-5-7-16(8-6-15)21-17(4-3-9-28-21)10-24-22(27)20-13-23-12-19(20)18-11-25-26(2)14-18/h5-8,11,14,17,19-21,23H,3-4,9-10,12-13H2,1-2H3,(H,24,27)/t17?,19-,20+,21?/m1/s1. The summed E-state index contributed by atoms with van der Waals surface area (Å²) in [5.74, 6) is 0.578. The van der Waals surface area contributed by atoms with Gasteiger partial charge in [-0.25, -0.2) is 0 Å². The molecule has 3 heterocycles. The van der Waals surface area contributed by atoms with Gasteiger partial charge in [0.15, 0.2) is 0 Å². The van der Waals surface area contributed by atoms with Crippen LogP contribution in [-0.2, 0) is 16.6 Å². The SMILES string of the molecule is Cc1ccc(C2OCCCC2CNC(=O)[C@H]2CNC[C@@H]2c2cnn(C)c2)cc1. The maximum Gasteiger partial charge on any atom is 0.225 e. The summed E-state index contributed by atoms with van der Waals surface area (Å²) < 4.78 is 7.89. The Morgan fingerprint density at radius 1 is 1.29 bits per heavy atom. The number of ether oxygens (including phenoxy) is 1. The number of nitrogens with one attached hydrogen (secondary N) is 2. The highest BCUT2D eigenvalue weighted by Crippen LogP contribution is 2.34. The number of rotatable bonds is 5. The highest BCUT2D eigenvalue weighted by atomic mass is 16.5. The Morgan fingerprint density at radius 3 is 2.86 bits per heavy atom. The number of hydrogen-bond donors (Lipinski definition) is 2. The van der Waals surface area contributed by atoms with Gasteiger partial charge in [-0.3, -0.25) is 9.48 Å².